The van der Waals surface area contributed by atoms with Crippen molar-refractivity contribution in [1.29, 1.82) is 0 Å². The predicted octanol–water partition coefficient (Wildman–Crippen LogP) is 3.37. The minimum absolute atomic E-state index is 0.0286. The molecule has 0 saturated heterocycles. The second-order valence-corrected chi connectivity index (χ2v) is 10.2. The highest BCUT2D eigenvalue weighted by atomic mass is 79.9. The number of halogens is 2. The van der Waals surface area contributed by atoms with Gasteiger partial charge >= 0.3 is 5.95 Å². The first-order valence-corrected chi connectivity index (χ1v) is 12.5. The lowest BCUT2D eigenvalue weighted by Crippen LogP contribution is -2.26. The molecule has 8 nitrogen and oxygen atoms in total. The number of nitrogens with zero attached hydrogens (tertiary/aromatic N) is 1. The molecule has 0 saturated carbocycles. The third-order valence-corrected chi connectivity index (χ3v) is 6.82. The van der Waals surface area contributed by atoms with Gasteiger partial charge in [-0.25, -0.2) is 23.4 Å². The average molecular weight is 542 g/mol. The smallest absolute Gasteiger partial charge is 0.394 e. The average Bonchev–Trinajstić information content (AvgIpc) is 2.77. The number of rotatable bonds is 10. The van der Waals surface area contributed by atoms with E-state index >= 15 is 0 Å². The lowest BCUT2D eigenvalue weighted by molar-refractivity contribution is -0.365. The van der Waals surface area contributed by atoms with E-state index in [0.717, 1.165) is 10.0 Å². The van der Waals surface area contributed by atoms with Crippen LogP contribution in [0, 0.1) is 0 Å². The molecule has 3 aromatic rings. The van der Waals surface area contributed by atoms with Gasteiger partial charge in [0.2, 0.25) is 15.8 Å². The summed E-state index contributed by atoms with van der Waals surface area (Å²) in [5.41, 5.74) is 1.66. The fourth-order valence-electron chi connectivity index (χ4n) is 2.76. The van der Waals surface area contributed by atoms with Crippen molar-refractivity contribution in [3.05, 3.63) is 69.8 Å². The molecule has 0 spiro atoms. The molecule has 0 aliphatic rings. The molecule has 3 rings (SSSR count). The Morgan fingerprint density at radius 2 is 1.84 bits per heavy atom. The van der Waals surface area contributed by atoms with Crippen molar-refractivity contribution in [3.8, 4) is 0 Å². The van der Waals surface area contributed by atoms with E-state index in [-0.39, 0.29) is 24.1 Å². The van der Waals surface area contributed by atoms with E-state index < -0.39 is 10.0 Å². The third-order valence-electron chi connectivity index (χ3n) is 4.49. The molecule has 2 aromatic carbocycles. The first-order valence-electron chi connectivity index (χ1n) is 9.83. The number of nitrogens with one attached hydrogen (secondary N) is 4. The Balaban J connectivity index is 1.61. The molecule has 0 fully saturated rings. The number of aliphatic hydroxyl groups is 1. The van der Waals surface area contributed by atoms with Crippen LogP contribution in [0.2, 0.25) is 5.02 Å². The first kappa shape index (κ1) is 24.4. The fourth-order valence-corrected chi connectivity index (χ4v) is 4.24. The van der Waals surface area contributed by atoms with Gasteiger partial charge in [0.25, 0.3) is 0 Å². The number of sulfonamides is 1. The Bertz CT molecular complexity index is 1150. The van der Waals surface area contributed by atoms with Gasteiger partial charge in [0.15, 0.2) is 0 Å². The van der Waals surface area contributed by atoms with Gasteiger partial charge in [0.1, 0.15) is 4.47 Å². The summed E-state index contributed by atoms with van der Waals surface area (Å²) < 4.78 is 28.4. The van der Waals surface area contributed by atoms with E-state index in [1.807, 2.05) is 19.1 Å². The van der Waals surface area contributed by atoms with Crippen molar-refractivity contribution in [2.24, 2.45) is 0 Å². The highest BCUT2D eigenvalue weighted by molar-refractivity contribution is 9.10. The molecule has 0 radical (unpaired) electrons. The van der Waals surface area contributed by atoms with Gasteiger partial charge in [0.05, 0.1) is 23.4 Å². The molecule has 1 aromatic heterocycles. The van der Waals surface area contributed by atoms with E-state index in [9.17, 15) is 13.5 Å². The summed E-state index contributed by atoms with van der Waals surface area (Å²) in [7, 11) is -3.62. The van der Waals surface area contributed by atoms with Gasteiger partial charge in [-0.2, -0.15) is 0 Å². The number of H-pyrrole nitrogens is 1. The van der Waals surface area contributed by atoms with E-state index in [1.54, 1.807) is 30.5 Å². The molecule has 0 aliphatic heterocycles. The lowest BCUT2D eigenvalue weighted by Gasteiger charge is -2.10. The Morgan fingerprint density at radius 1 is 1.16 bits per heavy atom. The maximum Gasteiger partial charge on any atom is 0.396 e. The zero-order chi connectivity index (χ0) is 23.1. The molecule has 170 valence electrons. The van der Waals surface area contributed by atoms with Crippen LogP contribution in [-0.2, 0) is 16.4 Å². The minimum Gasteiger partial charge on any atom is -0.394 e. The van der Waals surface area contributed by atoms with Crippen LogP contribution in [0.4, 0.5) is 17.5 Å². The second kappa shape index (κ2) is 11.1. The van der Waals surface area contributed by atoms with Crippen LogP contribution in [0.3, 0.4) is 0 Å². The van der Waals surface area contributed by atoms with Gasteiger partial charge in [-0.1, -0.05) is 28.7 Å². The van der Waals surface area contributed by atoms with Gasteiger partial charge in [0, 0.05) is 17.6 Å². The third kappa shape index (κ3) is 6.88. The van der Waals surface area contributed by atoms with Crippen LogP contribution in [0.25, 0.3) is 0 Å². The monoisotopic (exact) mass is 540 g/mol. The number of aromatic amines is 1. The molecule has 5 N–H and O–H groups in total. The first-order chi connectivity index (χ1) is 15.3. The second-order valence-electron chi connectivity index (χ2n) is 7.10. The van der Waals surface area contributed by atoms with E-state index in [0.29, 0.717) is 28.9 Å². The standard InChI is InChI=1S/C21H23BrClN5O3S/c1-14(13-29)26-20-19(22)12-24-21(28-20)27-17-6-8-18(9-7-17)32(30,31)25-11-10-15-2-4-16(23)5-3-15/h2-9,12,14,25,29H,10-11,13H2,1H3,(H2,24,26,27,28)/p+1/t14-/m1/s1. The number of hydrogen-bond donors (Lipinski definition) is 4. The summed E-state index contributed by atoms with van der Waals surface area (Å²) in [5.74, 6) is 1.02. The van der Waals surface area contributed by atoms with E-state index in [4.69, 9.17) is 11.6 Å². The number of benzene rings is 2. The van der Waals surface area contributed by atoms with Gasteiger partial charge in [-0.3, -0.25) is 0 Å². The summed E-state index contributed by atoms with van der Waals surface area (Å²) in [4.78, 5) is 7.60. The van der Waals surface area contributed by atoms with E-state index in [2.05, 4.69) is 41.3 Å². The lowest BCUT2D eigenvalue weighted by atomic mass is 10.2. The van der Waals surface area contributed by atoms with Crippen molar-refractivity contribution in [2.75, 3.05) is 23.8 Å². The zero-order valence-electron chi connectivity index (χ0n) is 17.3. The topological polar surface area (TPSA) is 117 Å². The fraction of sp³-hybridized carbons (Fsp3) is 0.238. The molecule has 0 bridgehead atoms. The SMILES string of the molecule is C[C@H](CO)Nc1nc(Nc2ccc(S(=O)(=O)NCCc3ccc(Cl)cc3)cc2)[nH+]cc1Br. The summed E-state index contributed by atoms with van der Waals surface area (Å²) in [6.07, 6.45) is 2.28. The summed E-state index contributed by atoms with van der Waals surface area (Å²) in [6, 6.07) is 13.5. The van der Waals surface area contributed by atoms with E-state index in [1.165, 1.54) is 12.1 Å². The molecule has 0 unspecified atom stereocenters. The normalized spacial score (nSPS) is 12.4. The molecule has 1 atom stereocenters. The van der Waals surface area contributed by atoms with Gasteiger partial charge in [-0.15, -0.1) is 0 Å². The number of aromatic nitrogens is 2. The Kier molecular flexibility index (Phi) is 8.44. The maximum absolute atomic E-state index is 12.6. The highest BCUT2D eigenvalue weighted by Gasteiger charge is 2.16. The molecule has 0 amide bonds. The minimum atomic E-state index is -3.62. The zero-order valence-corrected chi connectivity index (χ0v) is 20.4. The molecular weight excluding hydrogens is 518 g/mol. The highest BCUT2D eigenvalue weighted by Crippen LogP contribution is 2.21. The molecule has 32 heavy (non-hydrogen) atoms. The van der Waals surface area contributed by atoms with Gasteiger partial charge in [-0.05, 0) is 71.2 Å². The van der Waals surface area contributed by atoms with Crippen molar-refractivity contribution in [2.45, 2.75) is 24.3 Å². The van der Waals surface area contributed by atoms with Crippen molar-refractivity contribution in [1.82, 2.24) is 9.71 Å². The Labute approximate surface area is 200 Å². The van der Waals surface area contributed by atoms with Crippen LogP contribution < -0.4 is 20.3 Å². The predicted molar refractivity (Wildman–Crippen MR) is 129 cm³/mol. The van der Waals surface area contributed by atoms with Crippen LogP contribution in [0.1, 0.15) is 12.5 Å². The quantitative estimate of drug-likeness (QED) is 0.313. The Morgan fingerprint density at radius 3 is 2.50 bits per heavy atom. The largest absolute Gasteiger partial charge is 0.396 e. The van der Waals surface area contributed by atoms with Crippen molar-refractivity contribution >= 4 is 55.0 Å². The van der Waals surface area contributed by atoms with Crippen LogP contribution >= 0.6 is 27.5 Å². The molecule has 1 heterocycles. The van der Waals surface area contributed by atoms with Crippen LogP contribution in [0.5, 0.6) is 0 Å². The van der Waals surface area contributed by atoms with Crippen molar-refractivity contribution < 1.29 is 18.5 Å². The molecule has 11 heteroatoms. The Hall–Kier alpha value is -2.24. The van der Waals surface area contributed by atoms with Crippen LogP contribution in [0.15, 0.2) is 64.1 Å². The van der Waals surface area contributed by atoms with Crippen LogP contribution in [-0.4, -0.2) is 37.7 Å². The number of hydrogen-bond acceptors (Lipinski definition) is 6. The van der Waals surface area contributed by atoms with Gasteiger partial charge < -0.3 is 10.4 Å². The maximum atomic E-state index is 12.6. The summed E-state index contributed by atoms with van der Waals surface area (Å²) in [5, 5.41) is 16.0. The summed E-state index contributed by atoms with van der Waals surface area (Å²) in [6.45, 7) is 2.09. The summed E-state index contributed by atoms with van der Waals surface area (Å²) >= 11 is 9.26. The number of anilines is 3. The number of aliphatic hydroxyl groups excluding tert-OH is 1. The van der Waals surface area contributed by atoms with Crippen molar-refractivity contribution in [3.63, 3.8) is 0 Å². The molecule has 0 aliphatic carbocycles. The molecular formula is C21H24BrClN5O3S+.